The highest BCUT2D eigenvalue weighted by Crippen LogP contribution is 2.39. The van der Waals surface area contributed by atoms with Gasteiger partial charge in [0.1, 0.15) is 15.5 Å². The molecule has 6 nitrogen and oxygen atoms in total. The van der Waals surface area contributed by atoms with Crippen LogP contribution in [0.1, 0.15) is 15.2 Å². The molecule has 1 saturated heterocycles. The van der Waals surface area contributed by atoms with E-state index in [2.05, 4.69) is 5.32 Å². The van der Waals surface area contributed by atoms with Crippen molar-refractivity contribution in [1.29, 1.82) is 0 Å². The number of thiophene rings is 1. The van der Waals surface area contributed by atoms with Crippen LogP contribution in [0.2, 0.25) is 0 Å². The van der Waals surface area contributed by atoms with E-state index in [9.17, 15) is 19.1 Å². The Bertz CT molecular complexity index is 1390. The Kier molecular flexibility index (Phi) is 5.03. The van der Waals surface area contributed by atoms with E-state index in [1.807, 2.05) is 30.3 Å². The van der Waals surface area contributed by atoms with Gasteiger partial charge in [0.05, 0.1) is 17.5 Å². The summed E-state index contributed by atoms with van der Waals surface area (Å²) in [6.07, 6.45) is -0.521. The average Bonchev–Trinajstić information content (AvgIpc) is 3.12. The van der Waals surface area contributed by atoms with Gasteiger partial charge >= 0.3 is 0 Å². The van der Waals surface area contributed by atoms with Crippen LogP contribution in [0, 0.1) is 12.7 Å². The minimum absolute atomic E-state index is 0.201. The third-order valence-corrected chi connectivity index (χ3v) is 6.71. The molecular formula is C24H20FN3O3S. The van der Waals surface area contributed by atoms with Crippen molar-refractivity contribution in [1.82, 2.24) is 9.47 Å². The first-order valence-electron chi connectivity index (χ1n) is 10.2. The SMILES string of the molecule is Cc1cc(Nc2c(C(=O)N3CC(O)C3)sc3c2ccc(=O)n3-c2ccccc2)ccc1F. The molecule has 4 aromatic rings. The zero-order valence-electron chi connectivity index (χ0n) is 17.2. The van der Waals surface area contributed by atoms with Crippen LogP contribution in [0.5, 0.6) is 0 Å². The van der Waals surface area contributed by atoms with Gasteiger partial charge in [-0.3, -0.25) is 14.2 Å². The van der Waals surface area contributed by atoms with Crippen molar-refractivity contribution < 1.29 is 14.3 Å². The number of carbonyl (C=O) groups is 1. The van der Waals surface area contributed by atoms with E-state index in [1.165, 1.54) is 23.5 Å². The number of benzene rings is 2. The number of pyridine rings is 1. The maximum Gasteiger partial charge on any atom is 0.266 e. The van der Waals surface area contributed by atoms with Crippen LogP contribution in [0.3, 0.4) is 0 Å². The van der Waals surface area contributed by atoms with Gasteiger partial charge in [-0.15, -0.1) is 11.3 Å². The van der Waals surface area contributed by atoms with Gasteiger partial charge in [-0.05, 0) is 48.9 Å². The Morgan fingerprint density at radius 3 is 2.56 bits per heavy atom. The third-order valence-electron chi connectivity index (χ3n) is 5.53. The number of amides is 1. The smallest absolute Gasteiger partial charge is 0.266 e. The lowest BCUT2D eigenvalue weighted by molar-refractivity contribution is 0.00629. The molecule has 1 aliphatic rings. The number of anilines is 2. The minimum Gasteiger partial charge on any atom is -0.389 e. The number of aromatic nitrogens is 1. The Balaban J connectivity index is 1.70. The van der Waals surface area contributed by atoms with Gasteiger partial charge in [-0.2, -0.15) is 0 Å². The summed E-state index contributed by atoms with van der Waals surface area (Å²) in [5.41, 5.74) is 2.18. The number of nitrogens with zero attached hydrogens (tertiary/aromatic N) is 2. The Labute approximate surface area is 187 Å². The summed E-state index contributed by atoms with van der Waals surface area (Å²) in [5.74, 6) is -0.528. The van der Waals surface area contributed by atoms with Crippen molar-refractivity contribution in [2.45, 2.75) is 13.0 Å². The summed E-state index contributed by atoms with van der Waals surface area (Å²) >= 11 is 1.23. The molecule has 0 unspecified atom stereocenters. The first-order valence-corrected chi connectivity index (χ1v) is 11.0. The van der Waals surface area contributed by atoms with Gasteiger partial charge in [-0.1, -0.05) is 18.2 Å². The fourth-order valence-corrected chi connectivity index (χ4v) is 5.05. The van der Waals surface area contributed by atoms with E-state index in [1.54, 1.807) is 34.6 Å². The lowest BCUT2D eigenvalue weighted by Gasteiger charge is -2.35. The second kappa shape index (κ2) is 7.89. The fraction of sp³-hybridized carbons (Fsp3) is 0.167. The molecule has 0 spiro atoms. The number of para-hydroxylation sites is 1. The van der Waals surface area contributed by atoms with Crippen LogP contribution < -0.4 is 10.9 Å². The minimum atomic E-state index is -0.521. The molecule has 5 rings (SSSR count). The highest BCUT2D eigenvalue weighted by atomic mass is 32.1. The maximum atomic E-state index is 13.8. The number of hydrogen-bond acceptors (Lipinski definition) is 5. The predicted octanol–water partition coefficient (Wildman–Crippen LogP) is 4.06. The van der Waals surface area contributed by atoms with Crippen LogP contribution in [-0.2, 0) is 0 Å². The lowest BCUT2D eigenvalue weighted by atomic mass is 10.1. The zero-order chi connectivity index (χ0) is 22.4. The average molecular weight is 450 g/mol. The number of hydrogen-bond donors (Lipinski definition) is 2. The van der Waals surface area contributed by atoms with Gasteiger partial charge in [-0.25, -0.2) is 4.39 Å². The number of carbonyl (C=O) groups excluding carboxylic acids is 1. The summed E-state index contributed by atoms with van der Waals surface area (Å²) in [4.78, 5) is 28.7. The van der Waals surface area contributed by atoms with Crippen molar-refractivity contribution in [3.05, 3.63) is 87.3 Å². The molecule has 0 aliphatic carbocycles. The Morgan fingerprint density at radius 2 is 1.88 bits per heavy atom. The van der Waals surface area contributed by atoms with Gasteiger partial charge in [0.15, 0.2) is 0 Å². The largest absolute Gasteiger partial charge is 0.389 e. The number of fused-ring (bicyclic) bond motifs is 1. The monoisotopic (exact) mass is 449 g/mol. The van der Waals surface area contributed by atoms with Gasteiger partial charge in [0, 0.05) is 30.2 Å². The topological polar surface area (TPSA) is 74.6 Å². The van der Waals surface area contributed by atoms with Crippen molar-refractivity contribution in [2.24, 2.45) is 0 Å². The molecule has 1 aliphatic heterocycles. The molecule has 2 aromatic carbocycles. The van der Waals surface area contributed by atoms with Gasteiger partial charge in [0.25, 0.3) is 11.5 Å². The number of aryl methyl sites for hydroxylation is 1. The van der Waals surface area contributed by atoms with E-state index in [-0.39, 0.29) is 30.4 Å². The van der Waals surface area contributed by atoms with Crippen molar-refractivity contribution in [3.8, 4) is 5.69 Å². The molecule has 0 bridgehead atoms. The second-order valence-corrected chi connectivity index (χ2v) is 8.82. The molecule has 8 heteroatoms. The van der Waals surface area contributed by atoms with E-state index in [0.29, 0.717) is 37.7 Å². The highest BCUT2D eigenvalue weighted by Gasteiger charge is 2.33. The van der Waals surface area contributed by atoms with Crippen LogP contribution in [0.4, 0.5) is 15.8 Å². The zero-order valence-corrected chi connectivity index (χ0v) is 18.0. The Hall–Kier alpha value is -3.49. The van der Waals surface area contributed by atoms with Crippen LogP contribution in [0.15, 0.2) is 65.5 Å². The molecule has 162 valence electrons. The molecule has 2 N–H and O–H groups in total. The van der Waals surface area contributed by atoms with E-state index in [4.69, 9.17) is 0 Å². The van der Waals surface area contributed by atoms with Crippen LogP contribution in [-0.4, -0.2) is 39.7 Å². The summed E-state index contributed by atoms with van der Waals surface area (Å²) < 4.78 is 15.4. The van der Waals surface area contributed by atoms with Crippen molar-refractivity contribution in [3.63, 3.8) is 0 Å². The van der Waals surface area contributed by atoms with Crippen LogP contribution in [0.25, 0.3) is 15.9 Å². The predicted molar refractivity (Wildman–Crippen MR) is 124 cm³/mol. The van der Waals surface area contributed by atoms with E-state index in [0.717, 1.165) is 0 Å². The molecule has 1 fully saturated rings. The second-order valence-electron chi connectivity index (χ2n) is 7.82. The fourth-order valence-electron chi connectivity index (χ4n) is 3.81. The molecule has 0 radical (unpaired) electrons. The van der Waals surface area contributed by atoms with Crippen molar-refractivity contribution in [2.75, 3.05) is 18.4 Å². The van der Waals surface area contributed by atoms with Crippen LogP contribution >= 0.6 is 11.3 Å². The molecule has 0 atom stereocenters. The summed E-state index contributed by atoms with van der Waals surface area (Å²) in [6, 6.07) is 17.1. The number of rotatable bonds is 4. The van der Waals surface area contributed by atoms with E-state index >= 15 is 0 Å². The van der Waals surface area contributed by atoms with Crippen molar-refractivity contribution >= 4 is 38.8 Å². The first-order chi connectivity index (χ1) is 15.4. The maximum absolute atomic E-state index is 13.8. The summed E-state index contributed by atoms with van der Waals surface area (Å²) in [5, 5.41) is 13.6. The number of nitrogens with one attached hydrogen (secondary N) is 1. The highest BCUT2D eigenvalue weighted by molar-refractivity contribution is 7.21. The summed E-state index contributed by atoms with van der Waals surface area (Å²) in [7, 11) is 0. The molecule has 3 heterocycles. The normalized spacial score (nSPS) is 13.9. The number of halogens is 1. The lowest BCUT2D eigenvalue weighted by Crippen LogP contribution is -2.53. The quantitative estimate of drug-likeness (QED) is 0.493. The number of β-amino-alcohol motifs (C(OH)–C–C–N with tert-alkyl or cyclic N) is 1. The summed E-state index contributed by atoms with van der Waals surface area (Å²) in [6.45, 7) is 2.22. The number of aliphatic hydroxyl groups is 1. The molecule has 32 heavy (non-hydrogen) atoms. The number of aliphatic hydroxyl groups excluding tert-OH is 1. The van der Waals surface area contributed by atoms with E-state index < -0.39 is 6.10 Å². The standard InChI is InChI=1S/C24H20FN3O3S/c1-14-11-15(7-9-19(14)25)26-21-18-8-10-20(30)28(16-5-3-2-4-6-16)24(18)32-22(21)23(31)27-12-17(29)13-27/h2-11,17,26,29H,12-13H2,1H3. The molecular weight excluding hydrogens is 429 g/mol. The van der Waals surface area contributed by atoms with Gasteiger partial charge in [0.2, 0.25) is 0 Å². The Morgan fingerprint density at radius 1 is 1.12 bits per heavy atom. The first kappa shape index (κ1) is 20.4. The number of likely N-dealkylation sites (tertiary alicyclic amines) is 1. The molecule has 1 amide bonds. The molecule has 0 saturated carbocycles. The van der Waals surface area contributed by atoms with Gasteiger partial charge < -0.3 is 15.3 Å². The molecule has 2 aromatic heterocycles. The third kappa shape index (κ3) is 3.47.